The third-order valence-electron chi connectivity index (χ3n) is 3.24. The minimum absolute atomic E-state index is 0.482. The standard InChI is InChI=1S/C16H15N3O3S2/c1-10-17-13(9-23-10)6-15-18-19-16(22-15)24-8-12-5-11(7-20)3-4-14(12)21-2/h3-5,7,9H,6,8H2,1-2H3. The Morgan fingerprint density at radius 3 is 2.96 bits per heavy atom. The molecule has 0 aliphatic carbocycles. The number of carbonyl (C=O) groups excluding carboxylic acids is 1. The number of aryl methyl sites for hydroxylation is 1. The molecule has 8 heteroatoms. The normalized spacial score (nSPS) is 10.8. The van der Waals surface area contributed by atoms with E-state index in [0.29, 0.717) is 28.9 Å². The molecule has 1 aromatic carbocycles. The number of hydrogen-bond donors (Lipinski definition) is 0. The van der Waals surface area contributed by atoms with E-state index in [1.807, 2.05) is 12.3 Å². The largest absolute Gasteiger partial charge is 0.496 e. The van der Waals surface area contributed by atoms with E-state index in [-0.39, 0.29) is 0 Å². The number of thioether (sulfide) groups is 1. The first-order valence-corrected chi connectivity index (χ1v) is 9.02. The Morgan fingerprint density at radius 2 is 2.25 bits per heavy atom. The molecule has 0 N–H and O–H groups in total. The zero-order valence-corrected chi connectivity index (χ0v) is 14.8. The van der Waals surface area contributed by atoms with Crippen LogP contribution in [-0.4, -0.2) is 28.6 Å². The van der Waals surface area contributed by atoms with Crippen LogP contribution in [0.1, 0.15) is 32.5 Å². The molecule has 0 atom stereocenters. The maximum Gasteiger partial charge on any atom is 0.276 e. The number of carbonyl (C=O) groups is 1. The molecule has 0 saturated carbocycles. The third-order valence-corrected chi connectivity index (χ3v) is 4.93. The number of thiazole rings is 1. The minimum atomic E-state index is 0.482. The molecule has 0 radical (unpaired) electrons. The van der Waals surface area contributed by atoms with Crippen molar-refractivity contribution < 1.29 is 13.9 Å². The fraction of sp³-hybridized carbons (Fsp3) is 0.250. The Balaban J connectivity index is 1.66. The zero-order chi connectivity index (χ0) is 16.9. The predicted octanol–water partition coefficient (Wildman–Crippen LogP) is 3.54. The Kier molecular flexibility index (Phi) is 5.27. The van der Waals surface area contributed by atoms with Gasteiger partial charge in [0.25, 0.3) is 5.22 Å². The van der Waals surface area contributed by atoms with E-state index < -0.39 is 0 Å². The van der Waals surface area contributed by atoms with Gasteiger partial charge < -0.3 is 9.15 Å². The maximum absolute atomic E-state index is 10.9. The van der Waals surface area contributed by atoms with Gasteiger partial charge in [-0.2, -0.15) is 0 Å². The van der Waals surface area contributed by atoms with E-state index in [4.69, 9.17) is 9.15 Å². The SMILES string of the molecule is COc1ccc(C=O)cc1CSc1nnc(Cc2csc(C)n2)o1. The van der Waals surface area contributed by atoms with Crippen molar-refractivity contribution in [2.75, 3.05) is 7.11 Å². The van der Waals surface area contributed by atoms with Crippen molar-refractivity contribution in [3.63, 3.8) is 0 Å². The highest BCUT2D eigenvalue weighted by Crippen LogP contribution is 2.28. The highest BCUT2D eigenvalue weighted by molar-refractivity contribution is 7.98. The number of aldehydes is 1. The molecule has 0 fully saturated rings. The monoisotopic (exact) mass is 361 g/mol. The number of methoxy groups -OCH3 is 1. The van der Waals surface area contributed by atoms with Crippen LogP contribution in [0.15, 0.2) is 33.2 Å². The molecule has 0 aliphatic heterocycles. The van der Waals surface area contributed by atoms with Crippen molar-refractivity contribution in [1.29, 1.82) is 0 Å². The highest BCUT2D eigenvalue weighted by atomic mass is 32.2. The first kappa shape index (κ1) is 16.7. The lowest BCUT2D eigenvalue weighted by Gasteiger charge is -2.07. The van der Waals surface area contributed by atoms with Crippen molar-refractivity contribution in [3.05, 3.63) is 51.3 Å². The summed E-state index contributed by atoms with van der Waals surface area (Å²) in [6.07, 6.45) is 1.34. The summed E-state index contributed by atoms with van der Waals surface area (Å²) in [5.74, 6) is 1.84. The van der Waals surface area contributed by atoms with E-state index in [0.717, 1.165) is 28.3 Å². The first-order chi connectivity index (χ1) is 11.7. The molecular formula is C16H15N3O3S2. The molecular weight excluding hydrogens is 346 g/mol. The minimum Gasteiger partial charge on any atom is -0.496 e. The van der Waals surface area contributed by atoms with Gasteiger partial charge in [0, 0.05) is 22.3 Å². The van der Waals surface area contributed by atoms with Crippen LogP contribution in [0.25, 0.3) is 0 Å². The van der Waals surface area contributed by atoms with Gasteiger partial charge >= 0.3 is 0 Å². The quantitative estimate of drug-likeness (QED) is 0.470. The second-order valence-corrected chi connectivity index (χ2v) is 6.96. The van der Waals surface area contributed by atoms with Gasteiger partial charge in [-0.3, -0.25) is 4.79 Å². The number of rotatable bonds is 7. The average Bonchev–Trinajstić information content (AvgIpc) is 3.21. The lowest BCUT2D eigenvalue weighted by Crippen LogP contribution is -1.92. The topological polar surface area (TPSA) is 78.1 Å². The fourth-order valence-corrected chi connectivity index (χ4v) is 3.51. The number of benzene rings is 1. The Labute approximate surface area is 147 Å². The summed E-state index contributed by atoms with van der Waals surface area (Å²) in [5.41, 5.74) is 2.44. The van der Waals surface area contributed by atoms with Crippen molar-refractivity contribution >= 4 is 29.4 Å². The number of aromatic nitrogens is 3. The van der Waals surface area contributed by atoms with E-state index in [1.54, 1.807) is 36.6 Å². The van der Waals surface area contributed by atoms with Crippen LogP contribution in [-0.2, 0) is 12.2 Å². The molecule has 2 aromatic heterocycles. The van der Waals surface area contributed by atoms with Crippen molar-refractivity contribution in [3.8, 4) is 5.75 Å². The molecule has 0 unspecified atom stereocenters. The van der Waals surface area contributed by atoms with E-state index in [9.17, 15) is 4.79 Å². The van der Waals surface area contributed by atoms with E-state index in [2.05, 4.69) is 15.2 Å². The Morgan fingerprint density at radius 1 is 1.38 bits per heavy atom. The van der Waals surface area contributed by atoms with Crippen LogP contribution in [0.5, 0.6) is 5.75 Å². The molecule has 0 saturated heterocycles. The predicted molar refractivity (Wildman–Crippen MR) is 91.9 cm³/mol. The van der Waals surface area contributed by atoms with E-state index in [1.165, 1.54) is 11.8 Å². The van der Waals surface area contributed by atoms with Gasteiger partial charge in [0.05, 0.1) is 24.2 Å². The van der Waals surface area contributed by atoms with Crippen LogP contribution in [0.3, 0.4) is 0 Å². The van der Waals surface area contributed by atoms with Gasteiger partial charge in [-0.05, 0) is 25.1 Å². The second kappa shape index (κ2) is 7.59. The molecule has 0 amide bonds. The molecule has 6 nitrogen and oxygen atoms in total. The van der Waals surface area contributed by atoms with Gasteiger partial charge in [0.2, 0.25) is 5.89 Å². The lowest BCUT2D eigenvalue weighted by molar-refractivity contribution is 0.112. The van der Waals surface area contributed by atoms with Gasteiger partial charge in [0.1, 0.15) is 12.0 Å². The molecule has 3 rings (SSSR count). The van der Waals surface area contributed by atoms with Crippen LogP contribution in [0.4, 0.5) is 0 Å². The van der Waals surface area contributed by atoms with Crippen LogP contribution in [0.2, 0.25) is 0 Å². The van der Waals surface area contributed by atoms with Crippen LogP contribution in [0, 0.1) is 6.92 Å². The van der Waals surface area contributed by atoms with Gasteiger partial charge in [-0.1, -0.05) is 11.8 Å². The summed E-state index contributed by atoms with van der Waals surface area (Å²) >= 11 is 3.00. The summed E-state index contributed by atoms with van der Waals surface area (Å²) in [6, 6.07) is 5.30. The average molecular weight is 361 g/mol. The first-order valence-electron chi connectivity index (χ1n) is 7.16. The fourth-order valence-electron chi connectivity index (χ4n) is 2.14. The van der Waals surface area contributed by atoms with Gasteiger partial charge in [-0.25, -0.2) is 4.98 Å². The molecule has 3 aromatic rings. The maximum atomic E-state index is 10.9. The number of hydrogen-bond acceptors (Lipinski definition) is 8. The zero-order valence-electron chi connectivity index (χ0n) is 13.2. The van der Waals surface area contributed by atoms with Crippen molar-refractivity contribution in [1.82, 2.24) is 15.2 Å². The Hall–Kier alpha value is -2.19. The lowest BCUT2D eigenvalue weighted by atomic mass is 10.1. The summed E-state index contributed by atoms with van der Waals surface area (Å²) in [6.45, 7) is 1.96. The molecule has 0 bridgehead atoms. The van der Waals surface area contributed by atoms with Crippen molar-refractivity contribution in [2.24, 2.45) is 0 Å². The molecule has 0 aliphatic rings. The summed E-state index contributed by atoms with van der Waals surface area (Å²) in [5, 5.41) is 11.6. The van der Waals surface area contributed by atoms with Crippen LogP contribution >= 0.6 is 23.1 Å². The van der Waals surface area contributed by atoms with E-state index >= 15 is 0 Å². The molecule has 0 spiro atoms. The summed E-state index contributed by atoms with van der Waals surface area (Å²) in [4.78, 5) is 15.3. The third kappa shape index (κ3) is 4.01. The second-order valence-electron chi connectivity index (χ2n) is 4.97. The van der Waals surface area contributed by atoms with Gasteiger partial charge in [0.15, 0.2) is 0 Å². The molecule has 124 valence electrons. The smallest absolute Gasteiger partial charge is 0.276 e. The molecule has 2 heterocycles. The molecule has 24 heavy (non-hydrogen) atoms. The number of nitrogens with zero attached hydrogens (tertiary/aromatic N) is 3. The number of ether oxygens (including phenoxy) is 1. The van der Waals surface area contributed by atoms with Crippen molar-refractivity contribution in [2.45, 2.75) is 24.3 Å². The summed E-state index contributed by atoms with van der Waals surface area (Å²) in [7, 11) is 1.60. The van der Waals surface area contributed by atoms with Crippen LogP contribution < -0.4 is 4.74 Å². The highest BCUT2D eigenvalue weighted by Gasteiger charge is 2.11. The summed E-state index contributed by atoms with van der Waals surface area (Å²) < 4.78 is 11.0. The Bertz CT molecular complexity index is 845. The van der Waals surface area contributed by atoms with Gasteiger partial charge in [-0.15, -0.1) is 21.5 Å².